The Morgan fingerprint density at radius 1 is 1.62 bits per heavy atom. The maximum Gasteiger partial charge on any atom is 0.146 e. The number of Topliss-reactive ketones (excluding diaryl/α,β-unsaturated/α-hetero) is 1. The van der Waals surface area contributed by atoms with Gasteiger partial charge in [0.1, 0.15) is 5.78 Å². The molecule has 0 aliphatic rings. The van der Waals surface area contributed by atoms with Gasteiger partial charge >= 0.3 is 0 Å². The van der Waals surface area contributed by atoms with Crippen LogP contribution >= 0.6 is 0 Å². The normalized spacial score (nSPS) is 10.6. The lowest BCUT2D eigenvalue weighted by Gasteiger charge is -2.02. The Morgan fingerprint density at radius 2 is 2.44 bits per heavy atom. The van der Waals surface area contributed by atoms with Crippen LogP contribution in [0, 0.1) is 0 Å². The van der Waals surface area contributed by atoms with Crippen LogP contribution in [0.1, 0.15) is 12.0 Å². The van der Waals surface area contributed by atoms with Crippen molar-refractivity contribution >= 4 is 5.78 Å². The summed E-state index contributed by atoms with van der Waals surface area (Å²) in [4.78, 5) is 11.5. The summed E-state index contributed by atoms with van der Waals surface area (Å²) in [5.41, 5.74) is 1.10. The van der Waals surface area contributed by atoms with Crippen molar-refractivity contribution in [3.63, 3.8) is 0 Å². The van der Waals surface area contributed by atoms with Crippen LogP contribution in [0.2, 0.25) is 0 Å². The van der Waals surface area contributed by atoms with Crippen LogP contribution in [-0.2, 0) is 23.0 Å². The highest BCUT2D eigenvalue weighted by Gasteiger charge is 2.03. The Bertz CT molecular complexity index is 323. The number of aromatic nitrogens is 2. The van der Waals surface area contributed by atoms with E-state index in [-0.39, 0.29) is 5.78 Å². The number of aryl methyl sites for hydroxylation is 2. The minimum absolute atomic E-state index is 0.222. The van der Waals surface area contributed by atoms with E-state index in [0.29, 0.717) is 19.6 Å². The van der Waals surface area contributed by atoms with Gasteiger partial charge < -0.3 is 10.1 Å². The summed E-state index contributed by atoms with van der Waals surface area (Å²) < 4.78 is 6.62. The van der Waals surface area contributed by atoms with Gasteiger partial charge in [-0.15, -0.1) is 0 Å². The van der Waals surface area contributed by atoms with Gasteiger partial charge in [-0.25, -0.2) is 0 Å². The van der Waals surface area contributed by atoms with Gasteiger partial charge in [-0.1, -0.05) is 0 Å². The van der Waals surface area contributed by atoms with Crippen molar-refractivity contribution in [1.82, 2.24) is 15.1 Å². The summed E-state index contributed by atoms with van der Waals surface area (Å²) in [7, 11) is 3.52. The molecule has 0 amide bonds. The number of ketones is 1. The van der Waals surface area contributed by atoms with Gasteiger partial charge in [0.2, 0.25) is 0 Å². The van der Waals surface area contributed by atoms with Gasteiger partial charge in [-0.3, -0.25) is 9.48 Å². The Labute approximate surface area is 95.8 Å². The first-order chi connectivity index (χ1) is 7.72. The molecule has 0 saturated carbocycles. The van der Waals surface area contributed by atoms with Crippen LogP contribution in [-0.4, -0.2) is 42.4 Å². The van der Waals surface area contributed by atoms with E-state index in [9.17, 15) is 4.79 Å². The SMILES string of the molecule is COCCNCC(=O)CCc1cnn(C)c1. The Morgan fingerprint density at radius 3 is 3.06 bits per heavy atom. The Hall–Kier alpha value is -1.20. The molecule has 90 valence electrons. The standard InChI is InChI=1S/C11H19N3O2/c1-14-9-10(7-13-14)3-4-11(15)8-12-5-6-16-2/h7,9,12H,3-6,8H2,1-2H3. The summed E-state index contributed by atoms with van der Waals surface area (Å²) in [5.74, 6) is 0.222. The first-order valence-corrected chi connectivity index (χ1v) is 5.41. The predicted molar refractivity (Wildman–Crippen MR) is 61.3 cm³/mol. The first kappa shape index (κ1) is 12.9. The largest absolute Gasteiger partial charge is 0.383 e. The minimum Gasteiger partial charge on any atom is -0.383 e. The third-order valence-electron chi connectivity index (χ3n) is 2.26. The fraction of sp³-hybridized carbons (Fsp3) is 0.636. The molecule has 1 aromatic rings. The second-order valence-corrected chi connectivity index (χ2v) is 3.73. The van der Waals surface area contributed by atoms with E-state index in [2.05, 4.69) is 10.4 Å². The van der Waals surface area contributed by atoms with Gasteiger partial charge in [-0.05, 0) is 12.0 Å². The number of methoxy groups -OCH3 is 1. The van der Waals surface area contributed by atoms with E-state index in [1.807, 2.05) is 13.2 Å². The number of carbonyl (C=O) groups is 1. The molecular formula is C11H19N3O2. The van der Waals surface area contributed by atoms with E-state index in [4.69, 9.17) is 4.74 Å². The van der Waals surface area contributed by atoms with Crippen molar-refractivity contribution in [1.29, 1.82) is 0 Å². The molecule has 1 aromatic heterocycles. The molecule has 0 radical (unpaired) electrons. The lowest BCUT2D eigenvalue weighted by molar-refractivity contribution is -0.118. The number of ether oxygens (including phenoxy) is 1. The molecule has 0 aromatic carbocycles. The van der Waals surface area contributed by atoms with Crippen molar-refractivity contribution in [2.75, 3.05) is 26.8 Å². The lowest BCUT2D eigenvalue weighted by atomic mass is 10.1. The van der Waals surface area contributed by atoms with Gasteiger partial charge in [0.25, 0.3) is 0 Å². The van der Waals surface area contributed by atoms with Crippen molar-refractivity contribution in [3.8, 4) is 0 Å². The molecule has 1 heterocycles. The Balaban J connectivity index is 2.10. The third kappa shape index (κ3) is 5.04. The van der Waals surface area contributed by atoms with Crippen molar-refractivity contribution in [3.05, 3.63) is 18.0 Å². The van der Waals surface area contributed by atoms with Crippen LogP contribution < -0.4 is 5.32 Å². The van der Waals surface area contributed by atoms with E-state index < -0.39 is 0 Å². The van der Waals surface area contributed by atoms with Gasteiger partial charge in [0.15, 0.2) is 0 Å². The summed E-state index contributed by atoms with van der Waals surface area (Å²) in [5, 5.41) is 7.09. The molecular weight excluding hydrogens is 206 g/mol. The van der Waals surface area contributed by atoms with Crippen molar-refractivity contribution < 1.29 is 9.53 Å². The highest BCUT2D eigenvalue weighted by atomic mass is 16.5. The number of hydrogen-bond acceptors (Lipinski definition) is 4. The lowest BCUT2D eigenvalue weighted by Crippen LogP contribution is -2.26. The summed E-state index contributed by atoms with van der Waals surface area (Å²) >= 11 is 0. The molecule has 0 spiro atoms. The highest BCUT2D eigenvalue weighted by molar-refractivity contribution is 5.80. The quantitative estimate of drug-likeness (QED) is 0.640. The molecule has 0 atom stereocenters. The van der Waals surface area contributed by atoms with Gasteiger partial charge in [0, 0.05) is 33.3 Å². The van der Waals surface area contributed by atoms with Crippen LogP contribution in [0.15, 0.2) is 12.4 Å². The van der Waals surface area contributed by atoms with Crippen LogP contribution in [0.4, 0.5) is 0 Å². The predicted octanol–water partition coefficient (Wildman–Crippen LogP) is 0.158. The number of nitrogens with one attached hydrogen (secondary N) is 1. The minimum atomic E-state index is 0.222. The van der Waals surface area contributed by atoms with Gasteiger partial charge in [0.05, 0.1) is 19.3 Å². The van der Waals surface area contributed by atoms with Crippen LogP contribution in [0.5, 0.6) is 0 Å². The molecule has 0 bridgehead atoms. The van der Waals surface area contributed by atoms with Crippen LogP contribution in [0.3, 0.4) is 0 Å². The zero-order valence-electron chi connectivity index (χ0n) is 9.90. The average Bonchev–Trinajstić information content (AvgIpc) is 2.68. The molecule has 5 nitrogen and oxygen atoms in total. The zero-order valence-corrected chi connectivity index (χ0v) is 9.90. The topological polar surface area (TPSA) is 56.1 Å². The van der Waals surface area contributed by atoms with E-state index >= 15 is 0 Å². The number of carbonyl (C=O) groups excluding carboxylic acids is 1. The molecule has 0 saturated heterocycles. The summed E-state index contributed by atoms with van der Waals surface area (Å²) in [6.07, 6.45) is 5.06. The van der Waals surface area contributed by atoms with Gasteiger partial charge in [-0.2, -0.15) is 5.10 Å². The number of hydrogen-bond donors (Lipinski definition) is 1. The fourth-order valence-electron chi connectivity index (χ4n) is 1.38. The molecule has 5 heteroatoms. The van der Waals surface area contributed by atoms with Crippen LogP contribution in [0.25, 0.3) is 0 Å². The molecule has 0 aliphatic heterocycles. The summed E-state index contributed by atoms with van der Waals surface area (Å²) in [6.45, 7) is 1.77. The molecule has 0 unspecified atom stereocenters. The second kappa shape index (κ2) is 7.14. The summed E-state index contributed by atoms with van der Waals surface area (Å²) in [6, 6.07) is 0. The van der Waals surface area contributed by atoms with E-state index in [1.54, 1.807) is 18.0 Å². The smallest absolute Gasteiger partial charge is 0.146 e. The van der Waals surface area contributed by atoms with E-state index in [0.717, 1.165) is 18.5 Å². The first-order valence-electron chi connectivity index (χ1n) is 5.41. The molecule has 16 heavy (non-hydrogen) atoms. The molecule has 0 fully saturated rings. The monoisotopic (exact) mass is 225 g/mol. The van der Waals surface area contributed by atoms with E-state index in [1.165, 1.54) is 0 Å². The average molecular weight is 225 g/mol. The maximum absolute atomic E-state index is 11.5. The maximum atomic E-state index is 11.5. The van der Waals surface area contributed by atoms with Crippen molar-refractivity contribution in [2.45, 2.75) is 12.8 Å². The fourth-order valence-corrected chi connectivity index (χ4v) is 1.38. The third-order valence-corrected chi connectivity index (χ3v) is 2.26. The van der Waals surface area contributed by atoms with Crippen molar-refractivity contribution in [2.24, 2.45) is 7.05 Å². The molecule has 1 N–H and O–H groups in total. The second-order valence-electron chi connectivity index (χ2n) is 3.73. The number of nitrogens with zero attached hydrogens (tertiary/aromatic N) is 2. The Kier molecular flexibility index (Phi) is 5.74. The highest BCUT2D eigenvalue weighted by Crippen LogP contribution is 2.00. The molecule has 1 rings (SSSR count). The number of rotatable bonds is 8. The zero-order chi connectivity index (χ0) is 11.8. The molecule has 0 aliphatic carbocycles.